The minimum Gasteiger partial charge on any atom is -0.508 e. The number of benzene rings is 4. The van der Waals surface area contributed by atoms with E-state index in [0.29, 0.717) is 65.1 Å². The minimum absolute atomic E-state index is 0.124. The van der Waals surface area contributed by atoms with Gasteiger partial charge >= 0.3 is 0 Å². The van der Waals surface area contributed by atoms with Crippen molar-refractivity contribution in [1.29, 1.82) is 0 Å². The molecule has 4 fully saturated rings. The number of hydrogen-bond donors (Lipinski definition) is 2. The first-order valence-electron chi connectivity index (χ1n) is 21.1. The van der Waals surface area contributed by atoms with Gasteiger partial charge < -0.3 is 25.0 Å². The van der Waals surface area contributed by atoms with E-state index >= 15 is 4.39 Å². The number of carbonyl (C=O) groups is 2. The summed E-state index contributed by atoms with van der Waals surface area (Å²) >= 11 is 0. The molecule has 0 radical (unpaired) electrons. The van der Waals surface area contributed by atoms with Crippen LogP contribution in [0.1, 0.15) is 82.1 Å². The average molecular weight is 782 g/mol. The smallest absolute Gasteiger partial charge is 0.255 e. The maximum Gasteiger partial charge on any atom is 0.255 e. The van der Waals surface area contributed by atoms with Gasteiger partial charge in [-0.3, -0.25) is 19.4 Å². The Bertz CT molecular complexity index is 2220. The monoisotopic (exact) mass is 781 g/mol. The lowest BCUT2D eigenvalue weighted by molar-refractivity contribution is -0.126. The standard InChI is InChI=1S/C48H52FN5O4/c1-31-7-17-43(46(56)50-31)54-28-41-40(47(54)57)16-18-42(45(41)49)53-21-19-52(20-22-53)35-26-48(27-35)29-51(30-48)23-24-58-37-12-8-33(9-13-37)44-38(32-5-3-2-4-6-32)14-10-34-25-36(55)11-15-39(34)44/h2-6,8-9,11-13,15-16,18,25,35,38,43-44,55H,1,7,10,14,17,19-24,26-30H2,(H,50,56)/t38-,43?,44+/m0/s1. The van der Waals surface area contributed by atoms with Crippen molar-refractivity contribution in [2.24, 2.45) is 5.41 Å². The molecule has 4 aliphatic heterocycles. The summed E-state index contributed by atoms with van der Waals surface area (Å²) in [7, 11) is 0. The van der Waals surface area contributed by atoms with Crippen molar-refractivity contribution in [3.8, 4) is 11.5 Å². The predicted molar refractivity (Wildman–Crippen MR) is 222 cm³/mol. The molecule has 10 heteroatoms. The molecule has 3 atom stereocenters. The summed E-state index contributed by atoms with van der Waals surface area (Å²) in [5, 5.41) is 12.9. The van der Waals surface area contributed by atoms with Gasteiger partial charge in [-0.05, 0) is 109 Å². The molecule has 6 aliphatic rings. The topological polar surface area (TPSA) is 88.6 Å². The van der Waals surface area contributed by atoms with Gasteiger partial charge in [0.2, 0.25) is 5.91 Å². The fraction of sp³-hybridized carbons (Fsp3) is 0.417. The number of anilines is 1. The molecule has 3 saturated heterocycles. The summed E-state index contributed by atoms with van der Waals surface area (Å²) < 4.78 is 22.2. The summed E-state index contributed by atoms with van der Waals surface area (Å²) in [5.41, 5.74) is 7.58. The lowest BCUT2D eigenvalue weighted by atomic mass is 9.60. The Labute approximate surface area is 340 Å². The number of hydrogen-bond acceptors (Lipinski definition) is 7. The predicted octanol–water partition coefficient (Wildman–Crippen LogP) is 6.81. The van der Waals surface area contributed by atoms with E-state index in [2.05, 4.69) is 87.3 Å². The lowest BCUT2D eigenvalue weighted by Crippen LogP contribution is -2.68. The molecule has 4 aromatic carbocycles. The Morgan fingerprint density at radius 1 is 0.879 bits per heavy atom. The van der Waals surface area contributed by atoms with Crippen LogP contribution in [0, 0.1) is 11.2 Å². The number of rotatable bonds is 9. The lowest BCUT2D eigenvalue weighted by Gasteiger charge is -2.62. The Kier molecular flexibility index (Phi) is 9.52. The summed E-state index contributed by atoms with van der Waals surface area (Å²) in [6.45, 7) is 11.1. The summed E-state index contributed by atoms with van der Waals surface area (Å²) in [6, 6.07) is 28.8. The third-order valence-corrected chi connectivity index (χ3v) is 14.1. The zero-order valence-corrected chi connectivity index (χ0v) is 33.0. The molecule has 4 heterocycles. The van der Waals surface area contributed by atoms with Gasteiger partial charge in [-0.15, -0.1) is 0 Å². The molecule has 10 rings (SSSR count). The maximum absolute atomic E-state index is 16.0. The number of amides is 2. The maximum atomic E-state index is 16.0. The number of phenolic OH excluding ortho intramolecular Hbond substituents is 1. The third-order valence-electron chi connectivity index (χ3n) is 14.1. The van der Waals surface area contributed by atoms with Gasteiger partial charge in [0.1, 0.15) is 24.1 Å². The second-order valence-electron chi connectivity index (χ2n) is 17.6. The molecule has 300 valence electrons. The van der Waals surface area contributed by atoms with Crippen LogP contribution in [-0.4, -0.2) is 96.1 Å². The quantitative estimate of drug-likeness (QED) is 0.193. The summed E-state index contributed by atoms with van der Waals surface area (Å²) in [4.78, 5) is 34.5. The normalized spacial score (nSPS) is 24.6. The highest BCUT2D eigenvalue weighted by atomic mass is 19.1. The molecular formula is C48H52FN5O4. The second kappa shape index (κ2) is 14.9. The number of ether oxygens (including phenoxy) is 1. The van der Waals surface area contributed by atoms with Gasteiger partial charge in [0.15, 0.2) is 5.82 Å². The van der Waals surface area contributed by atoms with E-state index in [0.717, 1.165) is 64.4 Å². The molecule has 0 aromatic heterocycles. The van der Waals surface area contributed by atoms with Crippen LogP contribution in [0.2, 0.25) is 0 Å². The van der Waals surface area contributed by atoms with Gasteiger partial charge in [-0.2, -0.15) is 0 Å². The zero-order chi connectivity index (χ0) is 39.5. The number of aromatic hydroxyl groups is 1. The van der Waals surface area contributed by atoms with E-state index in [1.165, 1.54) is 40.0 Å². The number of phenols is 1. The SMILES string of the molecule is C=C1CCC(N2Cc3c(ccc(N4CCN(C5CC6(C5)CN(CCOc5ccc([C@H]7c8ccc(O)cc8CC[C@H]7c7ccccc7)cc5)C6)CC4)c3F)C2=O)C(=O)N1. The summed E-state index contributed by atoms with van der Waals surface area (Å²) in [5.74, 6) is 0.994. The molecular weight excluding hydrogens is 730 g/mol. The Morgan fingerprint density at radius 3 is 2.41 bits per heavy atom. The second-order valence-corrected chi connectivity index (χ2v) is 17.6. The van der Waals surface area contributed by atoms with Gasteiger partial charge in [0, 0.05) is 74.6 Å². The van der Waals surface area contributed by atoms with Crippen molar-refractivity contribution in [3.05, 3.63) is 136 Å². The number of nitrogens with one attached hydrogen (secondary N) is 1. The van der Waals surface area contributed by atoms with Gasteiger partial charge in [0.05, 0.1) is 12.2 Å². The molecule has 58 heavy (non-hydrogen) atoms. The molecule has 1 saturated carbocycles. The highest BCUT2D eigenvalue weighted by molar-refractivity contribution is 6.02. The number of nitrogens with zero attached hydrogens (tertiary/aromatic N) is 4. The van der Waals surface area contributed by atoms with Crippen LogP contribution in [0.4, 0.5) is 10.1 Å². The van der Waals surface area contributed by atoms with E-state index in [4.69, 9.17) is 4.74 Å². The number of likely N-dealkylation sites (tertiary alicyclic amines) is 1. The number of piperazine rings is 1. The van der Waals surface area contributed by atoms with Crippen LogP contribution >= 0.6 is 0 Å². The minimum atomic E-state index is -0.596. The van der Waals surface area contributed by atoms with E-state index in [1.807, 2.05) is 12.1 Å². The fourth-order valence-electron chi connectivity index (χ4n) is 11.1. The first kappa shape index (κ1) is 37.1. The number of carbonyl (C=O) groups excluding carboxylic acids is 2. The molecule has 4 aromatic rings. The largest absolute Gasteiger partial charge is 0.508 e. The van der Waals surface area contributed by atoms with E-state index < -0.39 is 6.04 Å². The zero-order valence-electron chi connectivity index (χ0n) is 33.0. The van der Waals surface area contributed by atoms with Crippen LogP contribution in [-0.2, 0) is 17.8 Å². The molecule has 1 spiro atoms. The van der Waals surface area contributed by atoms with Crippen molar-refractivity contribution in [2.45, 2.75) is 69.0 Å². The third kappa shape index (κ3) is 6.74. The number of fused-ring (bicyclic) bond motifs is 2. The van der Waals surface area contributed by atoms with Gasteiger partial charge in [-0.25, -0.2) is 4.39 Å². The van der Waals surface area contributed by atoms with Crippen LogP contribution in [0.25, 0.3) is 0 Å². The van der Waals surface area contributed by atoms with Crippen molar-refractivity contribution in [2.75, 3.05) is 57.3 Å². The first-order valence-corrected chi connectivity index (χ1v) is 21.1. The van der Waals surface area contributed by atoms with Crippen LogP contribution in [0.3, 0.4) is 0 Å². The van der Waals surface area contributed by atoms with E-state index in [9.17, 15) is 14.7 Å². The molecule has 2 aliphatic carbocycles. The van der Waals surface area contributed by atoms with Crippen molar-refractivity contribution in [3.63, 3.8) is 0 Å². The number of aryl methyl sites for hydroxylation is 1. The Balaban J connectivity index is 0.680. The van der Waals surface area contributed by atoms with Gasteiger partial charge in [0.25, 0.3) is 5.91 Å². The van der Waals surface area contributed by atoms with E-state index in [1.54, 1.807) is 12.1 Å². The highest BCUT2D eigenvalue weighted by Crippen LogP contribution is 2.51. The van der Waals surface area contributed by atoms with Crippen molar-refractivity contribution in [1.82, 2.24) is 20.0 Å². The number of piperidine rings is 1. The van der Waals surface area contributed by atoms with Crippen molar-refractivity contribution >= 4 is 17.5 Å². The van der Waals surface area contributed by atoms with Crippen LogP contribution in [0.15, 0.2) is 97.2 Å². The molecule has 9 nitrogen and oxygen atoms in total. The fourth-order valence-corrected chi connectivity index (χ4v) is 11.1. The first-order chi connectivity index (χ1) is 28.2. The highest BCUT2D eigenvalue weighted by Gasteiger charge is 2.53. The molecule has 0 bridgehead atoms. The summed E-state index contributed by atoms with van der Waals surface area (Å²) in [6.07, 6.45) is 5.56. The Hall–Kier alpha value is -5.19. The average Bonchev–Trinajstić information content (AvgIpc) is 3.54. The van der Waals surface area contributed by atoms with Crippen LogP contribution < -0.4 is 15.0 Å². The van der Waals surface area contributed by atoms with Crippen molar-refractivity contribution < 1.29 is 23.8 Å². The number of halogens is 1. The number of allylic oxidation sites excluding steroid dienone is 1. The molecule has 2 amide bonds. The molecule has 2 N–H and O–H groups in total. The van der Waals surface area contributed by atoms with E-state index in [-0.39, 0.29) is 30.1 Å². The van der Waals surface area contributed by atoms with Crippen LogP contribution in [0.5, 0.6) is 11.5 Å². The molecule has 1 unspecified atom stereocenters. The van der Waals surface area contributed by atoms with Gasteiger partial charge in [-0.1, -0.05) is 55.1 Å². The Morgan fingerprint density at radius 2 is 1.66 bits per heavy atom.